The van der Waals surface area contributed by atoms with Crippen molar-refractivity contribution in [1.82, 2.24) is 5.32 Å². The zero-order valence-electron chi connectivity index (χ0n) is 9.41. The van der Waals surface area contributed by atoms with Gasteiger partial charge in [0, 0.05) is 17.9 Å². The van der Waals surface area contributed by atoms with Crippen molar-refractivity contribution in [2.24, 2.45) is 0 Å². The summed E-state index contributed by atoms with van der Waals surface area (Å²) >= 11 is 1.32. The molecule has 1 aliphatic carbocycles. The summed E-state index contributed by atoms with van der Waals surface area (Å²) in [5.74, 6) is -0.0568. The SMILES string of the molecule is CC1=C(C(=O)NCCSCC(=O)O)CCC1. The van der Waals surface area contributed by atoms with Gasteiger partial charge in [0.25, 0.3) is 0 Å². The zero-order valence-corrected chi connectivity index (χ0v) is 10.2. The van der Waals surface area contributed by atoms with E-state index >= 15 is 0 Å². The molecule has 0 aliphatic heterocycles. The van der Waals surface area contributed by atoms with Gasteiger partial charge in [0.05, 0.1) is 5.75 Å². The van der Waals surface area contributed by atoms with Crippen molar-refractivity contribution in [3.63, 3.8) is 0 Å². The Labute approximate surface area is 99.5 Å². The highest BCUT2D eigenvalue weighted by atomic mass is 32.2. The van der Waals surface area contributed by atoms with Gasteiger partial charge in [-0.15, -0.1) is 11.8 Å². The molecule has 1 amide bonds. The maximum atomic E-state index is 11.7. The fraction of sp³-hybridized carbons (Fsp3) is 0.636. The molecule has 4 nitrogen and oxygen atoms in total. The maximum absolute atomic E-state index is 11.7. The first-order chi connectivity index (χ1) is 7.61. The minimum Gasteiger partial charge on any atom is -0.481 e. The van der Waals surface area contributed by atoms with Crippen molar-refractivity contribution in [1.29, 1.82) is 0 Å². The van der Waals surface area contributed by atoms with E-state index in [0.29, 0.717) is 12.3 Å². The summed E-state index contributed by atoms with van der Waals surface area (Å²) in [6, 6.07) is 0. The van der Waals surface area contributed by atoms with E-state index in [1.807, 2.05) is 6.92 Å². The number of allylic oxidation sites excluding steroid dienone is 1. The summed E-state index contributed by atoms with van der Waals surface area (Å²) in [6.45, 7) is 2.54. The van der Waals surface area contributed by atoms with Crippen LogP contribution in [-0.2, 0) is 9.59 Å². The molecule has 0 saturated heterocycles. The molecule has 0 spiro atoms. The third kappa shape index (κ3) is 4.26. The van der Waals surface area contributed by atoms with E-state index in [0.717, 1.165) is 24.8 Å². The van der Waals surface area contributed by atoms with Crippen LogP contribution >= 0.6 is 11.8 Å². The van der Waals surface area contributed by atoms with Crippen molar-refractivity contribution in [2.45, 2.75) is 26.2 Å². The molecule has 2 N–H and O–H groups in total. The van der Waals surface area contributed by atoms with Gasteiger partial charge < -0.3 is 10.4 Å². The van der Waals surface area contributed by atoms with E-state index in [2.05, 4.69) is 5.32 Å². The van der Waals surface area contributed by atoms with Gasteiger partial charge in [-0.1, -0.05) is 5.57 Å². The van der Waals surface area contributed by atoms with Crippen LogP contribution in [0.1, 0.15) is 26.2 Å². The third-order valence-electron chi connectivity index (χ3n) is 2.53. The van der Waals surface area contributed by atoms with Gasteiger partial charge in [-0.3, -0.25) is 9.59 Å². The van der Waals surface area contributed by atoms with Crippen LogP contribution in [0, 0.1) is 0 Å². The predicted molar refractivity (Wildman–Crippen MR) is 64.5 cm³/mol. The number of carbonyl (C=O) groups is 2. The van der Waals surface area contributed by atoms with Gasteiger partial charge in [0.15, 0.2) is 0 Å². The molecule has 0 aromatic carbocycles. The second kappa shape index (κ2) is 6.58. The molecular formula is C11H17NO3S. The standard InChI is InChI=1S/C11H17NO3S/c1-8-3-2-4-9(8)11(15)12-5-6-16-7-10(13)14/h2-7H2,1H3,(H,12,15)(H,13,14). The topological polar surface area (TPSA) is 66.4 Å². The average Bonchev–Trinajstić information content (AvgIpc) is 2.63. The van der Waals surface area contributed by atoms with Crippen molar-refractivity contribution in [3.05, 3.63) is 11.1 Å². The van der Waals surface area contributed by atoms with Crippen LogP contribution in [0.25, 0.3) is 0 Å². The van der Waals surface area contributed by atoms with Crippen molar-refractivity contribution in [3.8, 4) is 0 Å². The van der Waals surface area contributed by atoms with E-state index in [9.17, 15) is 9.59 Å². The molecule has 0 saturated carbocycles. The largest absolute Gasteiger partial charge is 0.481 e. The molecular weight excluding hydrogens is 226 g/mol. The smallest absolute Gasteiger partial charge is 0.313 e. The van der Waals surface area contributed by atoms with Crippen molar-refractivity contribution >= 4 is 23.6 Å². The van der Waals surface area contributed by atoms with Crippen LogP contribution in [0.5, 0.6) is 0 Å². The lowest BCUT2D eigenvalue weighted by Crippen LogP contribution is -2.27. The molecule has 1 aliphatic rings. The number of hydrogen-bond acceptors (Lipinski definition) is 3. The third-order valence-corrected chi connectivity index (χ3v) is 3.47. The van der Waals surface area contributed by atoms with E-state index in [4.69, 9.17) is 5.11 Å². The van der Waals surface area contributed by atoms with Crippen LogP contribution < -0.4 is 5.32 Å². The second-order valence-electron chi connectivity index (χ2n) is 3.81. The highest BCUT2D eigenvalue weighted by Crippen LogP contribution is 2.25. The molecule has 90 valence electrons. The molecule has 5 heteroatoms. The monoisotopic (exact) mass is 243 g/mol. The van der Waals surface area contributed by atoms with Crippen molar-refractivity contribution in [2.75, 3.05) is 18.1 Å². The number of carbonyl (C=O) groups excluding carboxylic acids is 1. The normalized spacial score (nSPS) is 15.3. The number of thioether (sulfide) groups is 1. The first-order valence-electron chi connectivity index (χ1n) is 5.37. The first-order valence-corrected chi connectivity index (χ1v) is 6.53. The van der Waals surface area contributed by atoms with E-state index < -0.39 is 5.97 Å². The maximum Gasteiger partial charge on any atom is 0.313 e. The Morgan fingerprint density at radius 1 is 1.44 bits per heavy atom. The van der Waals surface area contributed by atoms with E-state index in [1.54, 1.807) is 0 Å². The molecule has 0 heterocycles. The molecule has 0 fully saturated rings. The Hall–Kier alpha value is -0.970. The molecule has 0 bridgehead atoms. The van der Waals surface area contributed by atoms with E-state index in [1.165, 1.54) is 17.3 Å². The summed E-state index contributed by atoms with van der Waals surface area (Å²) in [5, 5.41) is 11.2. The van der Waals surface area contributed by atoms with E-state index in [-0.39, 0.29) is 11.7 Å². The quantitative estimate of drug-likeness (QED) is 0.692. The Bertz CT molecular complexity index is 312. The molecule has 0 aromatic heterocycles. The summed E-state index contributed by atoms with van der Waals surface area (Å²) in [7, 11) is 0. The fourth-order valence-electron chi connectivity index (χ4n) is 1.70. The summed E-state index contributed by atoms with van der Waals surface area (Å²) in [4.78, 5) is 21.9. The molecule has 0 atom stereocenters. The number of carboxylic acids is 1. The Morgan fingerprint density at radius 3 is 2.75 bits per heavy atom. The highest BCUT2D eigenvalue weighted by molar-refractivity contribution is 7.99. The summed E-state index contributed by atoms with van der Waals surface area (Å²) < 4.78 is 0. The van der Waals surface area contributed by atoms with Crippen LogP contribution in [0.3, 0.4) is 0 Å². The lowest BCUT2D eigenvalue weighted by atomic mass is 10.1. The van der Waals surface area contributed by atoms with Gasteiger partial charge in [-0.2, -0.15) is 0 Å². The number of amides is 1. The van der Waals surface area contributed by atoms with Gasteiger partial charge >= 0.3 is 5.97 Å². The number of rotatable bonds is 6. The second-order valence-corrected chi connectivity index (χ2v) is 4.92. The molecule has 0 unspecified atom stereocenters. The lowest BCUT2D eigenvalue weighted by Gasteiger charge is -2.06. The summed E-state index contributed by atoms with van der Waals surface area (Å²) in [5.41, 5.74) is 2.11. The average molecular weight is 243 g/mol. The molecule has 0 radical (unpaired) electrons. The summed E-state index contributed by atoms with van der Waals surface area (Å²) in [6.07, 6.45) is 2.97. The number of nitrogens with one attached hydrogen (secondary N) is 1. The van der Waals surface area contributed by atoms with Gasteiger partial charge in [-0.25, -0.2) is 0 Å². The van der Waals surface area contributed by atoms with Crippen LogP contribution in [-0.4, -0.2) is 35.0 Å². The highest BCUT2D eigenvalue weighted by Gasteiger charge is 2.17. The molecule has 1 rings (SSSR count). The number of hydrogen-bond donors (Lipinski definition) is 2. The van der Waals surface area contributed by atoms with Gasteiger partial charge in [-0.05, 0) is 26.2 Å². The predicted octanol–water partition coefficient (Wildman–Crippen LogP) is 1.42. The van der Waals surface area contributed by atoms with Crippen LogP contribution in [0.15, 0.2) is 11.1 Å². The van der Waals surface area contributed by atoms with Crippen molar-refractivity contribution < 1.29 is 14.7 Å². The first kappa shape index (κ1) is 13.1. The zero-order chi connectivity index (χ0) is 12.0. The molecule has 16 heavy (non-hydrogen) atoms. The number of aliphatic carboxylic acids is 1. The Balaban J connectivity index is 2.16. The Morgan fingerprint density at radius 2 is 2.19 bits per heavy atom. The lowest BCUT2D eigenvalue weighted by molar-refractivity contribution is -0.133. The number of carboxylic acid groups (broad SMARTS) is 1. The van der Waals surface area contributed by atoms with Crippen LogP contribution in [0.4, 0.5) is 0 Å². The minimum absolute atomic E-state index is 0.0194. The van der Waals surface area contributed by atoms with Crippen LogP contribution in [0.2, 0.25) is 0 Å². The van der Waals surface area contributed by atoms with Gasteiger partial charge in [0.2, 0.25) is 5.91 Å². The van der Waals surface area contributed by atoms with Gasteiger partial charge in [0.1, 0.15) is 0 Å². The Kier molecular flexibility index (Phi) is 5.38. The molecule has 0 aromatic rings. The minimum atomic E-state index is -0.814. The fourth-order valence-corrected chi connectivity index (χ4v) is 2.27.